The van der Waals surface area contributed by atoms with Crippen LogP contribution in [0.5, 0.6) is 0 Å². The van der Waals surface area contributed by atoms with Crippen molar-refractivity contribution in [3.05, 3.63) is 41.7 Å². The second-order valence-corrected chi connectivity index (χ2v) is 8.00. The van der Waals surface area contributed by atoms with E-state index < -0.39 is 0 Å². The van der Waals surface area contributed by atoms with E-state index in [1.165, 1.54) is 24.9 Å². The van der Waals surface area contributed by atoms with Crippen molar-refractivity contribution in [3.8, 4) is 0 Å². The highest BCUT2D eigenvalue weighted by Gasteiger charge is 2.37. The SMILES string of the molecule is O[C@@H]1C[C@@H](c2nnc3n2CCN(CC2CC2)C3)N(Cc2cccnc2)C1. The van der Waals surface area contributed by atoms with Crippen LogP contribution in [0.1, 0.15) is 42.5 Å². The Morgan fingerprint density at radius 3 is 2.92 bits per heavy atom. The molecule has 2 fully saturated rings. The van der Waals surface area contributed by atoms with Gasteiger partial charge in [0.05, 0.1) is 18.7 Å². The molecule has 3 aliphatic rings. The monoisotopic (exact) mass is 354 g/mol. The van der Waals surface area contributed by atoms with Crippen molar-refractivity contribution in [2.24, 2.45) is 5.92 Å². The van der Waals surface area contributed by atoms with Gasteiger partial charge in [-0.3, -0.25) is 14.8 Å². The fraction of sp³-hybridized carbons (Fsp3) is 0.632. The van der Waals surface area contributed by atoms with Gasteiger partial charge in [-0.1, -0.05) is 6.07 Å². The number of pyridine rings is 1. The van der Waals surface area contributed by atoms with Gasteiger partial charge >= 0.3 is 0 Å². The minimum absolute atomic E-state index is 0.126. The van der Waals surface area contributed by atoms with Crippen LogP contribution in [0.2, 0.25) is 0 Å². The van der Waals surface area contributed by atoms with Crippen LogP contribution < -0.4 is 0 Å². The summed E-state index contributed by atoms with van der Waals surface area (Å²) in [6.07, 6.45) is 6.89. The van der Waals surface area contributed by atoms with Crippen LogP contribution in [0.4, 0.5) is 0 Å². The van der Waals surface area contributed by atoms with Gasteiger partial charge in [0, 0.05) is 45.1 Å². The van der Waals surface area contributed by atoms with Crippen LogP contribution in [0.3, 0.4) is 0 Å². The first kappa shape index (κ1) is 16.4. The molecule has 1 saturated heterocycles. The minimum atomic E-state index is -0.306. The summed E-state index contributed by atoms with van der Waals surface area (Å²) in [7, 11) is 0. The molecule has 0 unspecified atom stereocenters. The van der Waals surface area contributed by atoms with E-state index >= 15 is 0 Å². The Balaban J connectivity index is 1.34. The lowest BCUT2D eigenvalue weighted by molar-refractivity contribution is 0.171. The molecule has 138 valence electrons. The first-order valence-corrected chi connectivity index (χ1v) is 9.71. The van der Waals surface area contributed by atoms with E-state index in [-0.39, 0.29) is 12.1 Å². The molecule has 1 aliphatic carbocycles. The van der Waals surface area contributed by atoms with Crippen LogP contribution in [-0.4, -0.2) is 60.4 Å². The maximum atomic E-state index is 10.3. The predicted molar refractivity (Wildman–Crippen MR) is 96.0 cm³/mol. The number of aliphatic hydroxyl groups excluding tert-OH is 1. The van der Waals surface area contributed by atoms with Gasteiger partial charge in [0.25, 0.3) is 0 Å². The molecule has 7 nitrogen and oxygen atoms in total. The number of likely N-dealkylation sites (tertiary alicyclic amines) is 1. The first-order valence-electron chi connectivity index (χ1n) is 9.71. The Morgan fingerprint density at radius 2 is 2.12 bits per heavy atom. The molecule has 0 aromatic carbocycles. The number of hydrogen-bond donors (Lipinski definition) is 1. The molecule has 0 amide bonds. The molecular formula is C19H26N6O. The molecular weight excluding hydrogens is 328 g/mol. The molecule has 2 aromatic rings. The van der Waals surface area contributed by atoms with Gasteiger partial charge in [0.2, 0.25) is 0 Å². The quantitative estimate of drug-likeness (QED) is 0.870. The van der Waals surface area contributed by atoms with Crippen molar-refractivity contribution >= 4 is 0 Å². The Bertz CT molecular complexity index is 759. The molecule has 0 spiro atoms. The van der Waals surface area contributed by atoms with E-state index in [4.69, 9.17) is 0 Å². The van der Waals surface area contributed by atoms with Crippen LogP contribution in [0, 0.1) is 5.92 Å². The van der Waals surface area contributed by atoms with Crippen LogP contribution in [0.25, 0.3) is 0 Å². The number of β-amino-alcohol motifs (C(OH)–C–C–N with tert-alkyl or cyclic N) is 1. The molecule has 2 aromatic heterocycles. The zero-order valence-electron chi connectivity index (χ0n) is 15.0. The van der Waals surface area contributed by atoms with Crippen molar-refractivity contribution < 1.29 is 5.11 Å². The predicted octanol–water partition coefficient (Wildman–Crippen LogP) is 1.21. The number of aromatic nitrogens is 4. The summed E-state index contributed by atoms with van der Waals surface area (Å²) < 4.78 is 2.29. The molecule has 1 N–H and O–H groups in total. The molecule has 5 rings (SSSR count). The minimum Gasteiger partial charge on any atom is -0.392 e. The highest BCUT2D eigenvalue weighted by Crippen LogP contribution is 2.34. The molecule has 2 aliphatic heterocycles. The second-order valence-electron chi connectivity index (χ2n) is 8.00. The van der Waals surface area contributed by atoms with Gasteiger partial charge in [-0.2, -0.15) is 0 Å². The van der Waals surface area contributed by atoms with Gasteiger partial charge in [-0.25, -0.2) is 0 Å². The lowest BCUT2D eigenvalue weighted by atomic mass is 10.1. The molecule has 26 heavy (non-hydrogen) atoms. The van der Waals surface area contributed by atoms with E-state index in [1.807, 2.05) is 12.3 Å². The topological polar surface area (TPSA) is 70.3 Å². The summed E-state index contributed by atoms with van der Waals surface area (Å²) in [6.45, 7) is 5.60. The van der Waals surface area contributed by atoms with Gasteiger partial charge in [0.15, 0.2) is 5.82 Å². The molecule has 4 heterocycles. The van der Waals surface area contributed by atoms with Crippen LogP contribution in [-0.2, 0) is 19.6 Å². The zero-order valence-corrected chi connectivity index (χ0v) is 15.0. The number of rotatable bonds is 5. The van der Waals surface area contributed by atoms with Crippen LogP contribution in [0.15, 0.2) is 24.5 Å². The third kappa shape index (κ3) is 3.26. The van der Waals surface area contributed by atoms with Crippen LogP contribution >= 0.6 is 0 Å². The summed E-state index contributed by atoms with van der Waals surface area (Å²) in [5, 5.41) is 19.3. The largest absolute Gasteiger partial charge is 0.392 e. The van der Waals surface area contributed by atoms with E-state index in [0.717, 1.165) is 50.2 Å². The van der Waals surface area contributed by atoms with Crippen molar-refractivity contribution in [1.82, 2.24) is 29.5 Å². The standard InChI is InChI=1S/C19H26N6O/c26-16-8-17(24(12-16)11-15-2-1-5-20-9-15)19-22-21-18-13-23(6-7-25(18)19)10-14-3-4-14/h1-2,5,9,14,16-17,26H,3-4,6-8,10-13H2/t16-,17+/m1/s1. The van der Waals surface area contributed by atoms with Crippen molar-refractivity contribution in [2.75, 3.05) is 19.6 Å². The normalized spacial score (nSPS) is 27.0. The third-order valence-corrected chi connectivity index (χ3v) is 5.86. The number of aliphatic hydroxyl groups is 1. The summed E-state index contributed by atoms with van der Waals surface area (Å²) in [5.74, 6) is 3.00. The number of hydrogen-bond acceptors (Lipinski definition) is 6. The van der Waals surface area contributed by atoms with Gasteiger partial charge in [0.1, 0.15) is 5.82 Å². The average Bonchev–Trinajstić information content (AvgIpc) is 3.25. The van der Waals surface area contributed by atoms with E-state index in [1.54, 1.807) is 6.20 Å². The summed E-state index contributed by atoms with van der Waals surface area (Å²) >= 11 is 0. The fourth-order valence-corrected chi connectivity index (χ4v) is 4.35. The maximum absolute atomic E-state index is 10.3. The number of nitrogens with zero attached hydrogens (tertiary/aromatic N) is 6. The Kier molecular flexibility index (Phi) is 4.23. The lowest BCUT2D eigenvalue weighted by Crippen LogP contribution is -2.36. The van der Waals surface area contributed by atoms with E-state index in [2.05, 4.69) is 35.6 Å². The molecule has 0 bridgehead atoms. The highest BCUT2D eigenvalue weighted by atomic mass is 16.3. The van der Waals surface area contributed by atoms with Gasteiger partial charge in [-0.05, 0) is 36.8 Å². The van der Waals surface area contributed by atoms with Crippen molar-refractivity contribution in [3.63, 3.8) is 0 Å². The molecule has 1 saturated carbocycles. The molecule has 2 atom stereocenters. The maximum Gasteiger partial charge on any atom is 0.150 e. The second kappa shape index (κ2) is 6.72. The smallest absolute Gasteiger partial charge is 0.150 e. The summed E-state index contributed by atoms with van der Waals surface area (Å²) in [4.78, 5) is 9.04. The Hall–Kier alpha value is -1.83. The Morgan fingerprint density at radius 1 is 1.19 bits per heavy atom. The number of fused-ring (bicyclic) bond motifs is 1. The summed E-state index contributed by atoms with van der Waals surface area (Å²) in [6, 6.07) is 4.18. The lowest BCUT2D eigenvalue weighted by Gasteiger charge is -2.29. The average molecular weight is 354 g/mol. The third-order valence-electron chi connectivity index (χ3n) is 5.86. The summed E-state index contributed by atoms with van der Waals surface area (Å²) in [5.41, 5.74) is 1.17. The molecule has 7 heteroatoms. The Labute approximate surface area is 153 Å². The first-order chi connectivity index (χ1) is 12.8. The zero-order chi connectivity index (χ0) is 17.5. The van der Waals surface area contributed by atoms with Gasteiger partial charge < -0.3 is 9.67 Å². The van der Waals surface area contributed by atoms with Gasteiger partial charge in [-0.15, -0.1) is 10.2 Å². The molecule has 0 radical (unpaired) electrons. The van der Waals surface area contributed by atoms with E-state index in [9.17, 15) is 5.11 Å². The highest BCUT2D eigenvalue weighted by molar-refractivity contribution is 5.12. The fourth-order valence-electron chi connectivity index (χ4n) is 4.35. The van der Waals surface area contributed by atoms with Crippen molar-refractivity contribution in [2.45, 2.75) is 51.0 Å². The van der Waals surface area contributed by atoms with E-state index in [0.29, 0.717) is 6.54 Å². The van der Waals surface area contributed by atoms with Crippen molar-refractivity contribution in [1.29, 1.82) is 0 Å².